The second-order valence-electron chi connectivity index (χ2n) is 4.76. The van der Waals surface area contributed by atoms with Crippen LogP contribution in [-0.2, 0) is 17.8 Å². The molecule has 1 N–H and O–H groups in total. The molecule has 1 aliphatic rings. The van der Waals surface area contributed by atoms with Gasteiger partial charge in [-0.05, 0) is 45.8 Å². The first-order valence-corrected chi connectivity index (χ1v) is 6.47. The number of nitrogens with zero attached hydrogens (tertiary/aromatic N) is 2. The molecule has 0 aromatic carbocycles. The standard InChI is InChI=1S/C13H21N3O/c1-3-16-12(8-10(2)15-16)9-13(17)11-4-6-14-7-5-11/h8,11,14H,3-7,9H2,1-2H3. The number of nitrogens with one attached hydrogen (secondary N) is 1. The molecule has 0 radical (unpaired) electrons. The maximum atomic E-state index is 12.2. The van der Waals surface area contributed by atoms with E-state index < -0.39 is 0 Å². The van der Waals surface area contributed by atoms with Gasteiger partial charge < -0.3 is 5.32 Å². The van der Waals surface area contributed by atoms with Gasteiger partial charge in [-0.2, -0.15) is 5.10 Å². The van der Waals surface area contributed by atoms with Crippen molar-refractivity contribution in [3.8, 4) is 0 Å². The predicted molar refractivity (Wildman–Crippen MR) is 66.9 cm³/mol. The molecule has 4 heteroatoms. The van der Waals surface area contributed by atoms with Crippen LogP contribution in [0.5, 0.6) is 0 Å². The minimum Gasteiger partial charge on any atom is -0.317 e. The Morgan fingerprint density at radius 1 is 1.53 bits per heavy atom. The number of piperidine rings is 1. The number of hydrogen-bond donors (Lipinski definition) is 1. The zero-order chi connectivity index (χ0) is 12.3. The Bertz CT molecular complexity index is 391. The van der Waals surface area contributed by atoms with Crippen LogP contribution in [-0.4, -0.2) is 28.7 Å². The summed E-state index contributed by atoms with van der Waals surface area (Å²) in [6.07, 6.45) is 2.51. The smallest absolute Gasteiger partial charge is 0.141 e. The van der Waals surface area contributed by atoms with E-state index in [-0.39, 0.29) is 5.92 Å². The third-order valence-electron chi connectivity index (χ3n) is 3.43. The van der Waals surface area contributed by atoms with Gasteiger partial charge in [0.15, 0.2) is 0 Å². The van der Waals surface area contributed by atoms with Crippen LogP contribution >= 0.6 is 0 Å². The highest BCUT2D eigenvalue weighted by Crippen LogP contribution is 2.16. The molecule has 1 aliphatic heterocycles. The second-order valence-corrected chi connectivity index (χ2v) is 4.76. The van der Waals surface area contributed by atoms with Crippen LogP contribution in [0.25, 0.3) is 0 Å². The molecule has 1 aromatic rings. The van der Waals surface area contributed by atoms with Crippen molar-refractivity contribution < 1.29 is 4.79 Å². The Morgan fingerprint density at radius 2 is 2.24 bits per heavy atom. The Kier molecular flexibility index (Phi) is 3.94. The lowest BCUT2D eigenvalue weighted by molar-refractivity contribution is -0.123. The average molecular weight is 235 g/mol. The monoisotopic (exact) mass is 235 g/mol. The highest BCUT2D eigenvalue weighted by atomic mass is 16.1. The lowest BCUT2D eigenvalue weighted by Crippen LogP contribution is -2.32. The molecule has 2 rings (SSSR count). The largest absolute Gasteiger partial charge is 0.317 e. The number of rotatable bonds is 4. The van der Waals surface area contributed by atoms with Gasteiger partial charge in [0.1, 0.15) is 5.78 Å². The van der Waals surface area contributed by atoms with Crippen molar-refractivity contribution in [2.45, 2.75) is 39.7 Å². The molecule has 0 atom stereocenters. The topological polar surface area (TPSA) is 46.9 Å². The van der Waals surface area contributed by atoms with Crippen molar-refractivity contribution >= 4 is 5.78 Å². The third kappa shape index (κ3) is 2.94. The highest BCUT2D eigenvalue weighted by Gasteiger charge is 2.22. The maximum Gasteiger partial charge on any atom is 0.141 e. The Labute approximate surface area is 102 Å². The summed E-state index contributed by atoms with van der Waals surface area (Å²) in [6.45, 7) is 6.82. The molecule has 17 heavy (non-hydrogen) atoms. The summed E-state index contributed by atoms with van der Waals surface area (Å²) < 4.78 is 1.94. The van der Waals surface area contributed by atoms with Crippen molar-refractivity contribution in [3.05, 3.63) is 17.5 Å². The Morgan fingerprint density at radius 3 is 2.88 bits per heavy atom. The van der Waals surface area contributed by atoms with Gasteiger partial charge in [-0.25, -0.2) is 0 Å². The van der Waals surface area contributed by atoms with Gasteiger partial charge in [-0.1, -0.05) is 0 Å². The summed E-state index contributed by atoms with van der Waals surface area (Å²) in [4.78, 5) is 12.2. The molecule has 94 valence electrons. The minimum atomic E-state index is 0.247. The summed E-state index contributed by atoms with van der Waals surface area (Å²) in [6, 6.07) is 2.03. The first-order valence-electron chi connectivity index (χ1n) is 6.47. The molecule has 0 saturated carbocycles. The van der Waals surface area contributed by atoms with Gasteiger partial charge in [0.25, 0.3) is 0 Å². The molecule has 0 spiro atoms. The normalized spacial score (nSPS) is 17.3. The van der Waals surface area contributed by atoms with Gasteiger partial charge in [-0.3, -0.25) is 9.48 Å². The van der Waals surface area contributed by atoms with Gasteiger partial charge in [0.2, 0.25) is 0 Å². The highest BCUT2D eigenvalue weighted by molar-refractivity contribution is 5.83. The van der Waals surface area contributed by atoms with Crippen LogP contribution in [0.3, 0.4) is 0 Å². The van der Waals surface area contributed by atoms with E-state index in [9.17, 15) is 4.79 Å². The molecule has 0 aliphatic carbocycles. The van der Waals surface area contributed by atoms with E-state index >= 15 is 0 Å². The molecule has 0 bridgehead atoms. The lowest BCUT2D eigenvalue weighted by Gasteiger charge is -2.21. The zero-order valence-corrected chi connectivity index (χ0v) is 10.7. The van der Waals surface area contributed by atoms with Crippen LogP contribution in [0.15, 0.2) is 6.07 Å². The Hall–Kier alpha value is -1.16. The number of carbonyl (C=O) groups is 1. The number of ketones is 1. The maximum absolute atomic E-state index is 12.2. The number of Topliss-reactive ketones (excluding diaryl/α,β-unsaturated/α-hetero) is 1. The van der Waals surface area contributed by atoms with Crippen molar-refractivity contribution in [2.24, 2.45) is 5.92 Å². The fraction of sp³-hybridized carbons (Fsp3) is 0.692. The second kappa shape index (κ2) is 5.45. The molecule has 4 nitrogen and oxygen atoms in total. The van der Waals surface area contributed by atoms with E-state index in [2.05, 4.69) is 17.3 Å². The third-order valence-corrected chi connectivity index (χ3v) is 3.43. The van der Waals surface area contributed by atoms with Gasteiger partial charge in [0.05, 0.1) is 5.69 Å². The molecule has 1 saturated heterocycles. The summed E-state index contributed by atoms with van der Waals surface area (Å²) in [5.41, 5.74) is 2.06. The van der Waals surface area contributed by atoms with Crippen LogP contribution < -0.4 is 5.32 Å². The molecule has 0 amide bonds. The van der Waals surface area contributed by atoms with Crippen LogP contribution in [0.1, 0.15) is 31.2 Å². The zero-order valence-electron chi connectivity index (χ0n) is 10.7. The Balaban J connectivity index is 2.01. The molecule has 1 aromatic heterocycles. The van der Waals surface area contributed by atoms with Crippen LogP contribution in [0.2, 0.25) is 0 Å². The van der Waals surface area contributed by atoms with Gasteiger partial charge in [0, 0.05) is 24.6 Å². The lowest BCUT2D eigenvalue weighted by atomic mass is 9.91. The molecule has 0 unspecified atom stereocenters. The quantitative estimate of drug-likeness (QED) is 0.856. The first-order chi connectivity index (χ1) is 8.20. The number of hydrogen-bond acceptors (Lipinski definition) is 3. The molecule has 1 fully saturated rings. The van der Waals surface area contributed by atoms with Gasteiger partial charge >= 0.3 is 0 Å². The summed E-state index contributed by atoms with van der Waals surface area (Å²) >= 11 is 0. The van der Waals surface area contributed by atoms with Crippen LogP contribution in [0.4, 0.5) is 0 Å². The summed E-state index contributed by atoms with van der Waals surface area (Å²) in [5.74, 6) is 0.623. The fourth-order valence-corrected chi connectivity index (χ4v) is 2.48. The van der Waals surface area contributed by atoms with E-state index in [1.165, 1.54) is 0 Å². The van der Waals surface area contributed by atoms with E-state index in [1.54, 1.807) is 0 Å². The van der Waals surface area contributed by atoms with Crippen LogP contribution in [0, 0.1) is 12.8 Å². The minimum absolute atomic E-state index is 0.247. The molecular formula is C13H21N3O. The predicted octanol–water partition coefficient (Wildman–Crippen LogP) is 1.32. The summed E-state index contributed by atoms with van der Waals surface area (Å²) in [7, 11) is 0. The van der Waals surface area contributed by atoms with E-state index in [4.69, 9.17) is 0 Å². The average Bonchev–Trinajstić information content (AvgIpc) is 2.70. The summed E-state index contributed by atoms with van der Waals surface area (Å²) in [5, 5.41) is 7.67. The van der Waals surface area contributed by atoms with Crippen molar-refractivity contribution in [1.82, 2.24) is 15.1 Å². The van der Waals surface area contributed by atoms with Crippen molar-refractivity contribution in [3.63, 3.8) is 0 Å². The van der Waals surface area contributed by atoms with Crippen molar-refractivity contribution in [1.29, 1.82) is 0 Å². The van der Waals surface area contributed by atoms with E-state index in [1.807, 2.05) is 17.7 Å². The number of carbonyl (C=O) groups excluding carboxylic acids is 1. The van der Waals surface area contributed by atoms with Crippen molar-refractivity contribution in [2.75, 3.05) is 13.1 Å². The van der Waals surface area contributed by atoms with Gasteiger partial charge in [-0.15, -0.1) is 0 Å². The number of aromatic nitrogens is 2. The SMILES string of the molecule is CCn1nc(C)cc1CC(=O)C1CCNCC1. The first kappa shape index (κ1) is 12.3. The van der Waals surface area contributed by atoms with E-state index in [0.717, 1.165) is 43.9 Å². The molecular weight excluding hydrogens is 214 g/mol. The molecule has 2 heterocycles. The fourth-order valence-electron chi connectivity index (χ4n) is 2.48. The van der Waals surface area contributed by atoms with E-state index in [0.29, 0.717) is 12.2 Å². The number of aryl methyl sites for hydroxylation is 2.